The smallest absolute Gasteiger partial charge is 0.383 e. The molecule has 1 aromatic rings. The Hall–Kier alpha value is -1.43. The highest BCUT2D eigenvalue weighted by atomic mass is 35.5. The van der Waals surface area contributed by atoms with Crippen molar-refractivity contribution >= 4 is 28.9 Å². The minimum Gasteiger partial charge on any atom is -0.383 e. The molecule has 1 unspecified atom stereocenters. The van der Waals surface area contributed by atoms with E-state index in [0.29, 0.717) is 22.8 Å². The van der Waals surface area contributed by atoms with E-state index >= 15 is 0 Å². The summed E-state index contributed by atoms with van der Waals surface area (Å²) in [5, 5.41) is 6.04. The molecule has 7 heteroatoms. The first-order valence-electron chi connectivity index (χ1n) is 6.58. The van der Waals surface area contributed by atoms with Crippen LogP contribution in [-0.4, -0.2) is 18.1 Å². The van der Waals surface area contributed by atoms with Gasteiger partial charge in [0, 0.05) is 25.1 Å². The van der Waals surface area contributed by atoms with Gasteiger partial charge >= 0.3 is 6.18 Å². The van der Waals surface area contributed by atoms with Crippen LogP contribution in [0.4, 0.5) is 24.5 Å². The SMILES string of the molecule is CC(=O)Nc1ccc(NC(C)CCCC(F)(F)F)cc1Cl. The van der Waals surface area contributed by atoms with Crippen LogP contribution >= 0.6 is 11.6 Å². The monoisotopic (exact) mass is 322 g/mol. The Morgan fingerprint density at radius 1 is 1.38 bits per heavy atom. The van der Waals surface area contributed by atoms with Crippen LogP contribution < -0.4 is 10.6 Å². The van der Waals surface area contributed by atoms with Crippen LogP contribution in [0.25, 0.3) is 0 Å². The number of alkyl halides is 3. The summed E-state index contributed by atoms with van der Waals surface area (Å²) in [6.45, 7) is 3.19. The van der Waals surface area contributed by atoms with E-state index in [4.69, 9.17) is 11.6 Å². The van der Waals surface area contributed by atoms with Crippen LogP contribution in [0.15, 0.2) is 18.2 Å². The van der Waals surface area contributed by atoms with Gasteiger partial charge in [-0.2, -0.15) is 13.2 Å². The fourth-order valence-corrected chi connectivity index (χ4v) is 2.09. The normalized spacial score (nSPS) is 12.9. The third kappa shape index (κ3) is 7.22. The summed E-state index contributed by atoms with van der Waals surface area (Å²) in [4.78, 5) is 11.0. The van der Waals surface area contributed by atoms with E-state index in [1.165, 1.54) is 6.92 Å². The highest BCUT2D eigenvalue weighted by Crippen LogP contribution is 2.27. The van der Waals surface area contributed by atoms with E-state index in [-0.39, 0.29) is 18.4 Å². The Balaban J connectivity index is 2.51. The van der Waals surface area contributed by atoms with Crippen LogP contribution in [0.3, 0.4) is 0 Å². The molecule has 0 aliphatic carbocycles. The molecule has 0 saturated carbocycles. The van der Waals surface area contributed by atoms with Gasteiger partial charge in [-0.1, -0.05) is 11.6 Å². The summed E-state index contributed by atoms with van der Waals surface area (Å²) in [5.41, 5.74) is 1.20. The number of carbonyl (C=O) groups is 1. The number of anilines is 2. The zero-order chi connectivity index (χ0) is 16.0. The molecule has 1 rings (SSSR count). The van der Waals surface area contributed by atoms with Crippen molar-refractivity contribution in [3.8, 4) is 0 Å². The number of hydrogen-bond acceptors (Lipinski definition) is 2. The van der Waals surface area contributed by atoms with Gasteiger partial charge in [0.25, 0.3) is 0 Å². The number of nitrogens with one attached hydrogen (secondary N) is 2. The molecule has 0 fully saturated rings. The predicted molar refractivity (Wildman–Crippen MR) is 78.7 cm³/mol. The first-order chi connectivity index (χ1) is 9.67. The van der Waals surface area contributed by atoms with Crippen molar-refractivity contribution in [2.75, 3.05) is 10.6 Å². The summed E-state index contributed by atoms with van der Waals surface area (Å²) >= 11 is 6.02. The molecule has 0 aliphatic heterocycles. The average molecular weight is 323 g/mol. The summed E-state index contributed by atoms with van der Waals surface area (Å²) < 4.78 is 36.2. The number of benzene rings is 1. The van der Waals surface area contributed by atoms with Crippen LogP contribution in [0, 0.1) is 0 Å². The van der Waals surface area contributed by atoms with Crippen molar-refractivity contribution in [3.05, 3.63) is 23.2 Å². The molecule has 118 valence electrons. The van der Waals surface area contributed by atoms with Gasteiger partial charge in [-0.15, -0.1) is 0 Å². The Kier molecular flexibility index (Phi) is 6.33. The zero-order valence-corrected chi connectivity index (χ0v) is 12.6. The molecule has 0 spiro atoms. The molecule has 1 amide bonds. The summed E-state index contributed by atoms with van der Waals surface area (Å²) in [6.07, 6.45) is -4.40. The molecule has 21 heavy (non-hydrogen) atoms. The first kappa shape index (κ1) is 17.6. The van der Waals surface area contributed by atoms with Gasteiger partial charge in [0.2, 0.25) is 5.91 Å². The molecule has 2 N–H and O–H groups in total. The molecule has 0 bridgehead atoms. The predicted octanol–water partition coefficient (Wildman–Crippen LogP) is 4.83. The van der Waals surface area contributed by atoms with E-state index < -0.39 is 12.6 Å². The molecule has 1 atom stereocenters. The van der Waals surface area contributed by atoms with Crippen molar-refractivity contribution in [1.29, 1.82) is 0 Å². The lowest BCUT2D eigenvalue weighted by Gasteiger charge is -2.16. The van der Waals surface area contributed by atoms with E-state index in [9.17, 15) is 18.0 Å². The lowest BCUT2D eigenvalue weighted by molar-refractivity contribution is -0.135. The van der Waals surface area contributed by atoms with Gasteiger partial charge in [0.05, 0.1) is 10.7 Å². The van der Waals surface area contributed by atoms with Crippen LogP contribution in [0.5, 0.6) is 0 Å². The van der Waals surface area contributed by atoms with Crippen molar-refractivity contribution in [2.24, 2.45) is 0 Å². The van der Waals surface area contributed by atoms with Gasteiger partial charge in [-0.05, 0) is 38.0 Å². The Bertz CT molecular complexity index is 492. The standard InChI is InChI=1S/C14H18ClF3N2O/c1-9(4-3-7-14(16,17)18)19-11-5-6-13(12(15)8-11)20-10(2)21/h5-6,8-9,19H,3-4,7H2,1-2H3,(H,20,21). The highest BCUT2D eigenvalue weighted by Gasteiger charge is 2.26. The van der Waals surface area contributed by atoms with Gasteiger partial charge < -0.3 is 10.6 Å². The summed E-state index contributed by atoms with van der Waals surface area (Å²) in [5.74, 6) is -0.224. The largest absolute Gasteiger partial charge is 0.389 e. The second-order valence-electron chi connectivity index (χ2n) is 4.93. The Labute approximate surface area is 126 Å². The molecule has 3 nitrogen and oxygen atoms in total. The second kappa shape index (κ2) is 7.54. The Morgan fingerprint density at radius 3 is 2.57 bits per heavy atom. The van der Waals surface area contributed by atoms with E-state index in [0.717, 1.165) is 0 Å². The molecule has 0 saturated heterocycles. The maximum atomic E-state index is 12.1. The van der Waals surface area contributed by atoms with Gasteiger partial charge in [0.15, 0.2) is 0 Å². The lowest BCUT2D eigenvalue weighted by atomic mass is 10.1. The summed E-state index contributed by atoms with van der Waals surface area (Å²) in [7, 11) is 0. The minimum atomic E-state index is -4.11. The molecule has 0 radical (unpaired) electrons. The third-order valence-electron chi connectivity index (χ3n) is 2.79. The number of amides is 1. The van der Waals surface area contributed by atoms with Crippen LogP contribution in [-0.2, 0) is 4.79 Å². The fraction of sp³-hybridized carbons (Fsp3) is 0.500. The van der Waals surface area contributed by atoms with Crippen molar-refractivity contribution in [3.63, 3.8) is 0 Å². The van der Waals surface area contributed by atoms with Crippen molar-refractivity contribution < 1.29 is 18.0 Å². The van der Waals surface area contributed by atoms with E-state index in [2.05, 4.69) is 10.6 Å². The summed E-state index contributed by atoms with van der Waals surface area (Å²) in [6, 6.07) is 4.90. The molecule has 0 aromatic heterocycles. The number of rotatable bonds is 6. The number of carbonyl (C=O) groups excluding carboxylic acids is 1. The minimum absolute atomic E-state index is 0.0787. The molecular formula is C14H18ClF3N2O. The number of halogens is 4. The lowest BCUT2D eigenvalue weighted by Crippen LogP contribution is -2.17. The maximum Gasteiger partial charge on any atom is 0.389 e. The fourth-order valence-electron chi connectivity index (χ4n) is 1.86. The maximum absolute atomic E-state index is 12.1. The van der Waals surface area contributed by atoms with Crippen LogP contribution in [0.2, 0.25) is 5.02 Å². The third-order valence-corrected chi connectivity index (χ3v) is 3.10. The number of hydrogen-bond donors (Lipinski definition) is 2. The highest BCUT2D eigenvalue weighted by molar-refractivity contribution is 6.34. The zero-order valence-electron chi connectivity index (χ0n) is 11.9. The topological polar surface area (TPSA) is 41.1 Å². The van der Waals surface area contributed by atoms with Gasteiger partial charge in [-0.3, -0.25) is 4.79 Å². The van der Waals surface area contributed by atoms with Crippen LogP contribution in [0.1, 0.15) is 33.1 Å². The second-order valence-corrected chi connectivity index (χ2v) is 5.34. The van der Waals surface area contributed by atoms with Crippen molar-refractivity contribution in [2.45, 2.75) is 45.3 Å². The van der Waals surface area contributed by atoms with E-state index in [1.54, 1.807) is 18.2 Å². The average Bonchev–Trinajstić information content (AvgIpc) is 2.30. The molecule has 1 aromatic carbocycles. The van der Waals surface area contributed by atoms with Crippen molar-refractivity contribution in [1.82, 2.24) is 0 Å². The van der Waals surface area contributed by atoms with Gasteiger partial charge in [-0.25, -0.2) is 0 Å². The molecule has 0 heterocycles. The first-order valence-corrected chi connectivity index (χ1v) is 6.95. The van der Waals surface area contributed by atoms with E-state index in [1.807, 2.05) is 6.92 Å². The Morgan fingerprint density at radius 2 is 2.05 bits per heavy atom. The van der Waals surface area contributed by atoms with Gasteiger partial charge in [0.1, 0.15) is 0 Å². The molecule has 0 aliphatic rings. The molecular weight excluding hydrogens is 305 g/mol. The quantitative estimate of drug-likeness (QED) is 0.787.